The third-order valence-corrected chi connectivity index (χ3v) is 11.0. The molecule has 3 fully saturated rings. The number of hydrogen-bond donors (Lipinski definition) is 0. The third-order valence-electron chi connectivity index (χ3n) is 7.36. The van der Waals surface area contributed by atoms with Crippen LogP contribution in [0.4, 0.5) is 0 Å². The number of piperazine rings is 1. The van der Waals surface area contributed by atoms with Crippen LogP contribution >= 0.6 is 23.5 Å². The standard InChI is InChI=1S/C29H32N2O4S2/c1-30-27(33)29(20-35-19-22-12-8-5-9-13-22)31(2)26(32)28(30,18-21-10-6-4-7-11-21)36-25(37-29)23-14-16-24(34-3)17-15-23/h4-14,16-17,23,25H,15,18-20H2,1-3H3/t23-,25?,28-,29-/m0/s1. The number of nitrogens with zero attached hydrogens (tertiary/aromatic N) is 2. The average molecular weight is 537 g/mol. The number of allylic oxidation sites excluding steroid dienone is 3. The molecule has 3 heterocycles. The highest BCUT2D eigenvalue weighted by molar-refractivity contribution is 8.19. The molecule has 6 rings (SSSR count). The van der Waals surface area contributed by atoms with Crippen LogP contribution < -0.4 is 0 Å². The molecule has 6 nitrogen and oxygen atoms in total. The Morgan fingerprint density at radius 1 is 0.892 bits per heavy atom. The second-order valence-corrected chi connectivity index (χ2v) is 12.7. The molecule has 4 atom stereocenters. The summed E-state index contributed by atoms with van der Waals surface area (Å²) in [5, 5.41) is 0. The predicted molar refractivity (Wildman–Crippen MR) is 149 cm³/mol. The van der Waals surface area contributed by atoms with Gasteiger partial charge in [0, 0.05) is 26.4 Å². The van der Waals surface area contributed by atoms with Crippen LogP contribution in [0.5, 0.6) is 0 Å². The van der Waals surface area contributed by atoms with E-state index in [-0.39, 0.29) is 28.9 Å². The number of benzene rings is 2. The maximum atomic E-state index is 14.2. The number of fused-ring (bicyclic) bond motifs is 4. The number of carbonyl (C=O) groups excluding carboxylic acids is 2. The molecule has 8 heteroatoms. The first-order valence-corrected chi connectivity index (χ1v) is 14.2. The summed E-state index contributed by atoms with van der Waals surface area (Å²) in [6, 6.07) is 19.8. The predicted octanol–water partition coefficient (Wildman–Crippen LogP) is 4.68. The van der Waals surface area contributed by atoms with Gasteiger partial charge >= 0.3 is 0 Å². The van der Waals surface area contributed by atoms with Crippen molar-refractivity contribution < 1.29 is 19.1 Å². The maximum absolute atomic E-state index is 14.2. The quantitative estimate of drug-likeness (QED) is 0.488. The summed E-state index contributed by atoms with van der Waals surface area (Å²) in [5.74, 6) is 0.821. The summed E-state index contributed by atoms with van der Waals surface area (Å²) in [7, 11) is 5.20. The summed E-state index contributed by atoms with van der Waals surface area (Å²) >= 11 is 3.16. The lowest BCUT2D eigenvalue weighted by Crippen LogP contribution is -2.73. The SMILES string of the molecule is COC1=CC[C@@H](C2S[C@@]3(COCc4ccccc4)C(=O)N(C)[C@@](Cc4ccccc4)(S2)C(=O)N3C)C=C1. The summed E-state index contributed by atoms with van der Waals surface area (Å²) in [6.45, 7) is 0.491. The minimum atomic E-state index is -1.14. The Labute approximate surface area is 227 Å². The molecular formula is C29H32N2O4S2. The van der Waals surface area contributed by atoms with Crippen molar-refractivity contribution in [2.24, 2.45) is 5.92 Å². The van der Waals surface area contributed by atoms with Crippen LogP contribution in [0.15, 0.2) is 84.7 Å². The molecule has 3 aliphatic heterocycles. The second-order valence-electron chi connectivity index (χ2n) is 9.61. The Morgan fingerprint density at radius 2 is 1.49 bits per heavy atom. The van der Waals surface area contributed by atoms with E-state index in [4.69, 9.17) is 9.47 Å². The molecule has 0 spiro atoms. The Hall–Kier alpha value is -2.68. The molecule has 2 bridgehead atoms. The summed E-state index contributed by atoms with van der Waals surface area (Å²) in [6.07, 6.45) is 7.44. The highest BCUT2D eigenvalue weighted by Crippen LogP contribution is 2.57. The van der Waals surface area contributed by atoms with Crippen LogP contribution in [-0.2, 0) is 32.1 Å². The third kappa shape index (κ3) is 4.71. The first kappa shape index (κ1) is 25.9. The molecule has 3 saturated heterocycles. The van der Waals surface area contributed by atoms with Crippen molar-refractivity contribution in [1.29, 1.82) is 0 Å². The van der Waals surface area contributed by atoms with Crippen molar-refractivity contribution in [3.63, 3.8) is 0 Å². The molecule has 2 aromatic carbocycles. The molecule has 0 radical (unpaired) electrons. The van der Waals surface area contributed by atoms with Crippen molar-refractivity contribution >= 4 is 35.3 Å². The Morgan fingerprint density at radius 3 is 2.11 bits per heavy atom. The molecule has 0 aromatic heterocycles. The molecule has 1 unspecified atom stereocenters. The number of amides is 2. The van der Waals surface area contributed by atoms with Gasteiger partial charge in [-0.25, -0.2) is 0 Å². The summed E-state index contributed by atoms with van der Waals surface area (Å²) in [5.41, 5.74) is 2.05. The van der Waals surface area contributed by atoms with Crippen LogP contribution in [0.3, 0.4) is 0 Å². The first-order valence-electron chi connectivity index (χ1n) is 12.4. The highest BCUT2D eigenvalue weighted by atomic mass is 32.2. The Kier molecular flexibility index (Phi) is 7.43. The lowest BCUT2D eigenvalue weighted by atomic mass is 9.98. The molecule has 4 aliphatic rings. The fourth-order valence-electron chi connectivity index (χ4n) is 5.13. The van der Waals surface area contributed by atoms with E-state index in [0.29, 0.717) is 13.0 Å². The van der Waals surface area contributed by atoms with E-state index in [1.54, 1.807) is 54.5 Å². The van der Waals surface area contributed by atoms with Crippen molar-refractivity contribution in [2.75, 3.05) is 27.8 Å². The molecule has 194 valence electrons. The van der Waals surface area contributed by atoms with Gasteiger partial charge in [-0.05, 0) is 29.7 Å². The zero-order valence-electron chi connectivity index (χ0n) is 21.3. The summed E-state index contributed by atoms with van der Waals surface area (Å²) < 4.78 is 11.5. The van der Waals surface area contributed by atoms with Gasteiger partial charge in [0.1, 0.15) is 5.76 Å². The van der Waals surface area contributed by atoms with E-state index < -0.39 is 9.74 Å². The lowest BCUT2D eigenvalue weighted by molar-refractivity contribution is -0.166. The van der Waals surface area contributed by atoms with Gasteiger partial charge in [-0.15, -0.1) is 23.5 Å². The average Bonchev–Trinajstić information content (AvgIpc) is 3.09. The number of likely N-dealkylation sites (N-methyl/N-ethyl adjacent to an activating group) is 2. The van der Waals surface area contributed by atoms with Gasteiger partial charge in [-0.1, -0.05) is 66.7 Å². The van der Waals surface area contributed by atoms with Crippen LogP contribution in [0.1, 0.15) is 17.5 Å². The fourth-order valence-corrected chi connectivity index (χ4v) is 9.16. The number of rotatable bonds is 8. The van der Waals surface area contributed by atoms with Crippen molar-refractivity contribution in [3.05, 3.63) is 95.8 Å². The molecule has 0 saturated carbocycles. The van der Waals surface area contributed by atoms with Crippen LogP contribution in [0.2, 0.25) is 0 Å². The van der Waals surface area contributed by atoms with Crippen molar-refractivity contribution in [1.82, 2.24) is 9.80 Å². The van der Waals surface area contributed by atoms with E-state index >= 15 is 0 Å². The number of hydrogen-bond acceptors (Lipinski definition) is 6. The monoisotopic (exact) mass is 536 g/mol. The fraction of sp³-hybridized carbons (Fsp3) is 0.379. The van der Waals surface area contributed by atoms with Gasteiger partial charge < -0.3 is 19.3 Å². The first-order chi connectivity index (χ1) is 17.9. The number of methoxy groups -OCH3 is 1. The van der Waals surface area contributed by atoms with E-state index in [9.17, 15) is 9.59 Å². The molecule has 2 amide bonds. The van der Waals surface area contributed by atoms with Crippen LogP contribution in [0, 0.1) is 5.92 Å². The van der Waals surface area contributed by atoms with Gasteiger partial charge in [-0.3, -0.25) is 9.59 Å². The normalized spacial score (nSPS) is 29.3. The van der Waals surface area contributed by atoms with Gasteiger partial charge in [0.25, 0.3) is 11.8 Å². The second kappa shape index (κ2) is 10.6. The zero-order valence-corrected chi connectivity index (χ0v) is 23.0. The minimum Gasteiger partial charge on any atom is -0.497 e. The molecule has 1 aliphatic carbocycles. The molecular weight excluding hydrogens is 504 g/mol. The number of carbonyl (C=O) groups is 2. The van der Waals surface area contributed by atoms with Crippen LogP contribution in [-0.4, -0.2) is 63.8 Å². The van der Waals surface area contributed by atoms with Gasteiger partial charge in [0.2, 0.25) is 0 Å². The van der Waals surface area contributed by atoms with E-state index in [2.05, 4.69) is 12.2 Å². The highest BCUT2D eigenvalue weighted by Gasteiger charge is 2.66. The zero-order chi connectivity index (χ0) is 26.0. The van der Waals surface area contributed by atoms with E-state index in [1.807, 2.05) is 66.7 Å². The van der Waals surface area contributed by atoms with Gasteiger partial charge in [0.05, 0.1) is 24.9 Å². The van der Waals surface area contributed by atoms with Crippen molar-refractivity contribution in [3.8, 4) is 0 Å². The lowest BCUT2D eigenvalue weighted by Gasteiger charge is -2.51. The number of thioether (sulfide) groups is 2. The Balaban J connectivity index is 1.51. The molecule has 2 aromatic rings. The minimum absolute atomic E-state index is 0.0438. The smallest absolute Gasteiger partial charge is 0.262 e. The van der Waals surface area contributed by atoms with Crippen molar-refractivity contribution in [2.45, 2.75) is 33.8 Å². The van der Waals surface area contributed by atoms with Gasteiger partial charge in [0.15, 0.2) is 9.74 Å². The molecule has 37 heavy (non-hydrogen) atoms. The maximum Gasteiger partial charge on any atom is 0.262 e. The van der Waals surface area contributed by atoms with Crippen LogP contribution in [0.25, 0.3) is 0 Å². The van der Waals surface area contributed by atoms with E-state index in [0.717, 1.165) is 23.3 Å². The van der Waals surface area contributed by atoms with Gasteiger partial charge in [-0.2, -0.15) is 0 Å². The molecule has 0 N–H and O–H groups in total. The van der Waals surface area contributed by atoms with E-state index in [1.165, 1.54) is 0 Å². The topological polar surface area (TPSA) is 59.1 Å². The Bertz CT molecular complexity index is 1200. The number of ether oxygens (including phenoxy) is 2. The largest absolute Gasteiger partial charge is 0.497 e. The summed E-state index contributed by atoms with van der Waals surface area (Å²) in [4.78, 5) is 29.6.